The number of carbonyl (C=O) groups excluding carboxylic acids is 1. The topological polar surface area (TPSA) is 100 Å². The van der Waals surface area contributed by atoms with Crippen LogP contribution >= 0.6 is 0 Å². The fraction of sp³-hybridized carbons (Fsp3) is 0.357. The van der Waals surface area contributed by atoms with Gasteiger partial charge in [-0.15, -0.1) is 0 Å². The summed E-state index contributed by atoms with van der Waals surface area (Å²) in [5.41, 5.74) is 1.05. The molecule has 0 saturated heterocycles. The molecule has 0 aliphatic carbocycles. The fourth-order valence-corrected chi connectivity index (χ4v) is 1.87. The first-order chi connectivity index (χ1) is 10.2. The number of nitrogens with zero attached hydrogens (tertiary/aromatic N) is 2. The van der Waals surface area contributed by atoms with E-state index in [2.05, 4.69) is 20.8 Å². The molecule has 3 N–H and O–H groups in total. The van der Waals surface area contributed by atoms with Crippen LogP contribution in [0, 0.1) is 6.92 Å². The molecule has 0 radical (unpaired) electrons. The van der Waals surface area contributed by atoms with Crippen molar-refractivity contribution >= 4 is 6.03 Å². The van der Waals surface area contributed by atoms with E-state index in [-0.39, 0.29) is 25.2 Å². The van der Waals surface area contributed by atoms with Gasteiger partial charge in [0.05, 0.1) is 19.2 Å². The number of aromatic nitrogens is 2. The Morgan fingerprint density at radius 1 is 1.38 bits per heavy atom. The minimum absolute atomic E-state index is 0.135. The van der Waals surface area contributed by atoms with Crippen molar-refractivity contribution < 1.29 is 14.4 Å². The maximum Gasteiger partial charge on any atom is 0.315 e. The lowest BCUT2D eigenvalue weighted by Crippen LogP contribution is -2.44. The Balaban J connectivity index is 1.79. The highest BCUT2D eigenvalue weighted by Crippen LogP contribution is 2.03. The first-order valence-electron chi connectivity index (χ1n) is 6.65. The number of aliphatic hydroxyl groups excluding tert-OH is 1. The summed E-state index contributed by atoms with van der Waals surface area (Å²) in [6, 6.07) is 8.93. The van der Waals surface area contributed by atoms with E-state index in [1.54, 1.807) is 6.92 Å². The van der Waals surface area contributed by atoms with Gasteiger partial charge >= 0.3 is 6.03 Å². The maximum atomic E-state index is 11.8. The van der Waals surface area contributed by atoms with Gasteiger partial charge in [0.25, 0.3) is 0 Å². The normalized spacial score (nSPS) is 11.9. The second kappa shape index (κ2) is 7.39. The highest BCUT2D eigenvalue weighted by atomic mass is 16.5. The van der Waals surface area contributed by atoms with Crippen LogP contribution in [0.1, 0.15) is 17.3 Å². The summed E-state index contributed by atoms with van der Waals surface area (Å²) in [4.78, 5) is 15.7. The Morgan fingerprint density at radius 2 is 2.14 bits per heavy atom. The van der Waals surface area contributed by atoms with Crippen molar-refractivity contribution in [1.82, 2.24) is 20.8 Å². The van der Waals surface area contributed by atoms with Crippen molar-refractivity contribution in [2.75, 3.05) is 6.61 Å². The van der Waals surface area contributed by atoms with Gasteiger partial charge in [0.15, 0.2) is 5.82 Å². The number of benzene rings is 1. The number of urea groups is 1. The van der Waals surface area contributed by atoms with Gasteiger partial charge in [-0.3, -0.25) is 0 Å². The molecule has 7 heteroatoms. The zero-order valence-corrected chi connectivity index (χ0v) is 11.7. The van der Waals surface area contributed by atoms with E-state index in [0.717, 1.165) is 5.56 Å². The molecule has 0 aliphatic heterocycles. The molecular weight excluding hydrogens is 272 g/mol. The zero-order valence-electron chi connectivity index (χ0n) is 11.7. The first kappa shape index (κ1) is 15.0. The number of aliphatic hydroxyl groups is 1. The molecule has 0 saturated carbocycles. The number of nitrogens with one attached hydrogen (secondary N) is 2. The number of hydrogen-bond donors (Lipinski definition) is 3. The lowest BCUT2D eigenvalue weighted by Gasteiger charge is -2.16. The summed E-state index contributed by atoms with van der Waals surface area (Å²) in [6.45, 7) is 1.72. The van der Waals surface area contributed by atoms with E-state index in [4.69, 9.17) is 4.52 Å². The lowest BCUT2D eigenvalue weighted by molar-refractivity contribution is 0.215. The Labute approximate surface area is 122 Å². The molecule has 1 aromatic carbocycles. The highest BCUT2D eigenvalue weighted by molar-refractivity contribution is 5.74. The van der Waals surface area contributed by atoms with Crippen LogP contribution in [0.3, 0.4) is 0 Å². The lowest BCUT2D eigenvalue weighted by atomic mass is 10.1. The van der Waals surface area contributed by atoms with Crippen LogP contribution in [0.25, 0.3) is 0 Å². The number of hydrogen-bond acceptors (Lipinski definition) is 5. The van der Waals surface area contributed by atoms with E-state index in [1.807, 2.05) is 30.3 Å². The molecule has 112 valence electrons. The van der Waals surface area contributed by atoms with Gasteiger partial charge in [0, 0.05) is 6.92 Å². The van der Waals surface area contributed by atoms with Gasteiger partial charge < -0.3 is 20.3 Å². The summed E-state index contributed by atoms with van der Waals surface area (Å²) in [7, 11) is 0. The van der Waals surface area contributed by atoms with Crippen molar-refractivity contribution in [3.63, 3.8) is 0 Å². The molecule has 0 bridgehead atoms. The van der Waals surface area contributed by atoms with Gasteiger partial charge in [-0.2, -0.15) is 4.98 Å². The molecule has 1 atom stereocenters. The third kappa shape index (κ3) is 4.88. The predicted molar refractivity (Wildman–Crippen MR) is 75.4 cm³/mol. The highest BCUT2D eigenvalue weighted by Gasteiger charge is 2.12. The van der Waals surface area contributed by atoms with E-state index in [0.29, 0.717) is 18.1 Å². The average molecular weight is 290 g/mol. The summed E-state index contributed by atoms with van der Waals surface area (Å²) in [6.07, 6.45) is 0.562. The molecule has 21 heavy (non-hydrogen) atoms. The molecule has 7 nitrogen and oxygen atoms in total. The standard InChI is InChI=1S/C14H18N4O3/c1-10-16-13(18-21-10)8-15-14(20)17-12(9-19)7-11-5-3-2-4-6-11/h2-6,12,19H,7-9H2,1H3,(H2,15,17,20). The Hall–Kier alpha value is -2.41. The molecule has 2 amide bonds. The second-order valence-electron chi connectivity index (χ2n) is 4.63. The summed E-state index contributed by atoms with van der Waals surface area (Å²) in [5, 5.41) is 18.3. The van der Waals surface area contributed by atoms with E-state index in [9.17, 15) is 9.90 Å². The van der Waals surface area contributed by atoms with Crippen LogP contribution in [0.4, 0.5) is 4.79 Å². The summed E-state index contributed by atoms with van der Waals surface area (Å²) in [5.74, 6) is 0.857. The molecule has 1 aromatic heterocycles. The maximum absolute atomic E-state index is 11.8. The van der Waals surface area contributed by atoms with Crippen LogP contribution in [-0.2, 0) is 13.0 Å². The number of amides is 2. The van der Waals surface area contributed by atoms with Crippen molar-refractivity contribution in [3.8, 4) is 0 Å². The molecule has 1 unspecified atom stereocenters. The van der Waals surface area contributed by atoms with Gasteiger partial charge in [-0.25, -0.2) is 4.79 Å². The molecule has 2 rings (SSSR count). The molecule has 0 fully saturated rings. The van der Waals surface area contributed by atoms with Crippen molar-refractivity contribution in [2.45, 2.75) is 25.9 Å². The zero-order chi connectivity index (χ0) is 15.1. The number of aryl methyl sites for hydroxylation is 1. The third-order valence-corrected chi connectivity index (χ3v) is 2.86. The van der Waals surface area contributed by atoms with Gasteiger partial charge in [-0.1, -0.05) is 35.5 Å². The monoisotopic (exact) mass is 290 g/mol. The summed E-state index contributed by atoms with van der Waals surface area (Å²) >= 11 is 0. The predicted octanol–water partition coefficient (Wildman–Crippen LogP) is 0.781. The summed E-state index contributed by atoms with van der Waals surface area (Å²) < 4.78 is 4.81. The van der Waals surface area contributed by atoms with E-state index >= 15 is 0 Å². The molecule has 0 aliphatic rings. The van der Waals surface area contributed by atoms with Crippen molar-refractivity contribution in [1.29, 1.82) is 0 Å². The van der Waals surface area contributed by atoms with Gasteiger partial charge in [0.1, 0.15) is 0 Å². The van der Waals surface area contributed by atoms with Gasteiger partial charge in [0.2, 0.25) is 5.89 Å². The quantitative estimate of drug-likeness (QED) is 0.730. The number of rotatable bonds is 6. The third-order valence-electron chi connectivity index (χ3n) is 2.86. The van der Waals surface area contributed by atoms with Gasteiger partial charge in [-0.05, 0) is 12.0 Å². The van der Waals surface area contributed by atoms with Crippen LogP contribution in [0.15, 0.2) is 34.9 Å². The minimum atomic E-state index is -0.382. The fourth-order valence-electron chi connectivity index (χ4n) is 1.87. The second-order valence-corrected chi connectivity index (χ2v) is 4.63. The Bertz CT molecular complexity index is 571. The Kier molecular flexibility index (Phi) is 5.28. The SMILES string of the molecule is Cc1nc(CNC(=O)NC(CO)Cc2ccccc2)no1. The molecular formula is C14H18N4O3. The van der Waals surface area contributed by atoms with Crippen LogP contribution in [0.2, 0.25) is 0 Å². The van der Waals surface area contributed by atoms with E-state index < -0.39 is 0 Å². The van der Waals surface area contributed by atoms with E-state index in [1.165, 1.54) is 0 Å². The van der Waals surface area contributed by atoms with Crippen LogP contribution < -0.4 is 10.6 Å². The Morgan fingerprint density at radius 3 is 2.76 bits per heavy atom. The largest absolute Gasteiger partial charge is 0.394 e. The molecule has 1 heterocycles. The average Bonchev–Trinajstić information content (AvgIpc) is 2.91. The molecule has 0 spiro atoms. The minimum Gasteiger partial charge on any atom is -0.394 e. The number of carbonyl (C=O) groups is 1. The van der Waals surface area contributed by atoms with Crippen molar-refractivity contribution in [3.05, 3.63) is 47.6 Å². The first-order valence-corrected chi connectivity index (χ1v) is 6.65. The van der Waals surface area contributed by atoms with Crippen molar-refractivity contribution in [2.24, 2.45) is 0 Å². The smallest absolute Gasteiger partial charge is 0.315 e. The molecule has 2 aromatic rings. The van der Waals surface area contributed by atoms with Crippen LogP contribution in [-0.4, -0.2) is 33.9 Å². The van der Waals surface area contributed by atoms with Crippen LogP contribution in [0.5, 0.6) is 0 Å².